The van der Waals surface area contributed by atoms with Gasteiger partial charge in [-0.25, -0.2) is 0 Å². The van der Waals surface area contributed by atoms with Crippen LogP contribution in [0.3, 0.4) is 0 Å². The lowest BCUT2D eigenvalue weighted by atomic mass is 10.1. The average Bonchev–Trinajstić information content (AvgIpc) is 3.43. The van der Waals surface area contributed by atoms with Gasteiger partial charge in [-0.3, -0.25) is 14.4 Å². The number of hydrogen-bond acceptors (Lipinski definition) is 5. The van der Waals surface area contributed by atoms with Gasteiger partial charge in [0, 0.05) is 51.4 Å². The van der Waals surface area contributed by atoms with Crippen molar-refractivity contribution < 1.29 is 23.9 Å². The Morgan fingerprint density at radius 2 is 1.69 bits per heavy atom. The van der Waals surface area contributed by atoms with E-state index in [0.29, 0.717) is 39.3 Å². The number of carbonyl (C=O) groups is 3. The minimum absolute atomic E-state index is 0.00132. The van der Waals surface area contributed by atoms with E-state index in [4.69, 9.17) is 9.47 Å². The number of piperazine rings is 1. The lowest BCUT2D eigenvalue weighted by molar-refractivity contribution is -0.147. The fraction of sp³-hybridized carbons (Fsp3) is 0.571. The lowest BCUT2D eigenvalue weighted by Gasteiger charge is -2.36. The van der Waals surface area contributed by atoms with Crippen molar-refractivity contribution in [3.05, 3.63) is 24.3 Å². The molecule has 1 aromatic carbocycles. The first-order valence-electron chi connectivity index (χ1n) is 10.2. The van der Waals surface area contributed by atoms with Gasteiger partial charge >= 0.3 is 0 Å². The molecule has 3 aliphatic heterocycles. The van der Waals surface area contributed by atoms with Crippen LogP contribution in [0.1, 0.15) is 19.3 Å². The van der Waals surface area contributed by atoms with E-state index in [1.165, 1.54) is 0 Å². The predicted octanol–water partition coefficient (Wildman–Crippen LogP) is 0.898. The zero-order valence-corrected chi connectivity index (χ0v) is 16.7. The van der Waals surface area contributed by atoms with Crippen LogP contribution in [0.5, 0.6) is 5.75 Å². The molecule has 0 saturated carbocycles. The second-order valence-electron chi connectivity index (χ2n) is 7.76. The summed E-state index contributed by atoms with van der Waals surface area (Å²) in [4.78, 5) is 43.1. The van der Waals surface area contributed by atoms with Crippen molar-refractivity contribution in [1.82, 2.24) is 9.80 Å². The summed E-state index contributed by atoms with van der Waals surface area (Å²) in [6.45, 7) is 3.09. The number of nitrogens with zero attached hydrogens (tertiary/aromatic N) is 3. The molecule has 3 saturated heterocycles. The molecule has 3 amide bonds. The van der Waals surface area contributed by atoms with Crippen LogP contribution in [0.2, 0.25) is 0 Å². The van der Waals surface area contributed by atoms with Crippen molar-refractivity contribution in [2.24, 2.45) is 5.92 Å². The molecule has 0 spiro atoms. The monoisotopic (exact) mass is 401 g/mol. The highest BCUT2D eigenvalue weighted by molar-refractivity contribution is 6.00. The molecule has 0 aliphatic carbocycles. The standard InChI is InChI=1S/C21H27N3O5/c1-28-17-6-4-16(5-7-17)24-14-15(13-19(24)25)20(26)22-8-10-23(11-9-22)21(27)18-3-2-12-29-18/h4-7,15,18H,2-3,8-14H2,1H3. The van der Waals surface area contributed by atoms with E-state index in [2.05, 4.69) is 0 Å². The zero-order valence-electron chi connectivity index (χ0n) is 16.7. The third kappa shape index (κ3) is 4.07. The topological polar surface area (TPSA) is 79.4 Å². The summed E-state index contributed by atoms with van der Waals surface area (Å²) < 4.78 is 10.6. The third-order valence-electron chi connectivity index (χ3n) is 5.97. The highest BCUT2D eigenvalue weighted by Gasteiger charge is 2.39. The number of anilines is 1. The Bertz CT molecular complexity index is 767. The van der Waals surface area contributed by atoms with Crippen molar-refractivity contribution in [2.75, 3.05) is 51.3 Å². The quantitative estimate of drug-likeness (QED) is 0.749. The Hall–Kier alpha value is -2.61. The number of ether oxygens (including phenoxy) is 2. The molecule has 0 N–H and O–H groups in total. The molecule has 2 atom stereocenters. The van der Waals surface area contributed by atoms with Crippen molar-refractivity contribution >= 4 is 23.4 Å². The minimum atomic E-state index is -0.343. The van der Waals surface area contributed by atoms with Crippen LogP contribution < -0.4 is 9.64 Å². The Balaban J connectivity index is 1.32. The number of rotatable bonds is 4. The number of hydrogen-bond donors (Lipinski definition) is 0. The maximum absolute atomic E-state index is 13.0. The molecule has 3 heterocycles. The highest BCUT2D eigenvalue weighted by atomic mass is 16.5. The maximum Gasteiger partial charge on any atom is 0.251 e. The summed E-state index contributed by atoms with van der Waals surface area (Å²) in [5.74, 6) is 0.379. The Morgan fingerprint density at radius 3 is 2.28 bits per heavy atom. The van der Waals surface area contributed by atoms with Gasteiger partial charge in [0.15, 0.2) is 0 Å². The Labute approximate surface area is 170 Å². The van der Waals surface area contributed by atoms with Crippen LogP contribution in [-0.2, 0) is 19.1 Å². The number of benzene rings is 1. The fourth-order valence-corrected chi connectivity index (χ4v) is 4.27. The van der Waals surface area contributed by atoms with E-state index in [1.54, 1.807) is 21.8 Å². The Kier molecular flexibility index (Phi) is 5.71. The maximum atomic E-state index is 13.0. The molecule has 8 heteroatoms. The van der Waals surface area contributed by atoms with Crippen LogP contribution in [0, 0.1) is 5.92 Å². The number of methoxy groups -OCH3 is 1. The summed E-state index contributed by atoms with van der Waals surface area (Å²) in [5, 5.41) is 0. The number of amides is 3. The first kappa shape index (κ1) is 19.7. The van der Waals surface area contributed by atoms with Gasteiger partial charge in [-0.05, 0) is 37.1 Å². The van der Waals surface area contributed by atoms with Crippen LogP contribution in [0.4, 0.5) is 5.69 Å². The molecule has 0 radical (unpaired) electrons. The molecule has 2 unspecified atom stereocenters. The van der Waals surface area contributed by atoms with Gasteiger partial charge < -0.3 is 24.2 Å². The van der Waals surface area contributed by atoms with Gasteiger partial charge in [-0.1, -0.05) is 0 Å². The van der Waals surface area contributed by atoms with E-state index in [1.807, 2.05) is 24.3 Å². The highest BCUT2D eigenvalue weighted by Crippen LogP contribution is 2.28. The van der Waals surface area contributed by atoms with Crippen molar-refractivity contribution in [2.45, 2.75) is 25.4 Å². The van der Waals surface area contributed by atoms with Gasteiger partial charge in [-0.15, -0.1) is 0 Å². The van der Waals surface area contributed by atoms with E-state index in [-0.39, 0.29) is 36.2 Å². The van der Waals surface area contributed by atoms with Gasteiger partial charge in [0.05, 0.1) is 13.0 Å². The van der Waals surface area contributed by atoms with Gasteiger partial charge in [0.25, 0.3) is 5.91 Å². The molecule has 3 fully saturated rings. The van der Waals surface area contributed by atoms with Crippen molar-refractivity contribution in [3.63, 3.8) is 0 Å². The first-order chi connectivity index (χ1) is 14.1. The first-order valence-corrected chi connectivity index (χ1v) is 10.2. The van der Waals surface area contributed by atoms with Gasteiger partial charge in [0.1, 0.15) is 11.9 Å². The molecule has 156 valence electrons. The molecule has 29 heavy (non-hydrogen) atoms. The fourth-order valence-electron chi connectivity index (χ4n) is 4.27. The predicted molar refractivity (Wildman–Crippen MR) is 106 cm³/mol. The van der Waals surface area contributed by atoms with E-state index in [0.717, 1.165) is 24.3 Å². The summed E-state index contributed by atoms with van der Waals surface area (Å²) in [6.07, 6.45) is 1.61. The lowest BCUT2D eigenvalue weighted by Crippen LogP contribution is -2.54. The second-order valence-corrected chi connectivity index (χ2v) is 7.76. The molecule has 3 aliphatic rings. The van der Waals surface area contributed by atoms with E-state index < -0.39 is 0 Å². The van der Waals surface area contributed by atoms with Crippen LogP contribution in [-0.4, -0.2) is 80.1 Å². The molecular formula is C21H27N3O5. The second kappa shape index (κ2) is 8.41. The Morgan fingerprint density at radius 1 is 1.03 bits per heavy atom. The van der Waals surface area contributed by atoms with Crippen LogP contribution in [0.25, 0.3) is 0 Å². The van der Waals surface area contributed by atoms with Crippen molar-refractivity contribution in [3.8, 4) is 5.75 Å². The van der Waals surface area contributed by atoms with Gasteiger partial charge in [-0.2, -0.15) is 0 Å². The molecule has 1 aromatic rings. The molecular weight excluding hydrogens is 374 g/mol. The zero-order chi connectivity index (χ0) is 20.4. The SMILES string of the molecule is COc1ccc(N2CC(C(=O)N3CCN(C(=O)C4CCCO4)CC3)CC2=O)cc1. The molecule has 0 bridgehead atoms. The van der Waals surface area contributed by atoms with Crippen LogP contribution in [0.15, 0.2) is 24.3 Å². The third-order valence-corrected chi connectivity index (χ3v) is 5.97. The van der Waals surface area contributed by atoms with Crippen LogP contribution >= 0.6 is 0 Å². The van der Waals surface area contributed by atoms with E-state index in [9.17, 15) is 14.4 Å². The molecule has 4 rings (SSSR count). The van der Waals surface area contributed by atoms with Gasteiger partial charge in [0.2, 0.25) is 11.8 Å². The summed E-state index contributed by atoms with van der Waals surface area (Å²) in [7, 11) is 1.60. The summed E-state index contributed by atoms with van der Waals surface area (Å²) in [6, 6.07) is 7.28. The summed E-state index contributed by atoms with van der Waals surface area (Å²) in [5.41, 5.74) is 0.776. The van der Waals surface area contributed by atoms with E-state index >= 15 is 0 Å². The smallest absolute Gasteiger partial charge is 0.251 e. The molecule has 0 aromatic heterocycles. The average molecular weight is 401 g/mol. The number of carbonyl (C=O) groups excluding carboxylic acids is 3. The normalized spacial score (nSPS) is 24.9. The summed E-state index contributed by atoms with van der Waals surface area (Å²) >= 11 is 0. The van der Waals surface area contributed by atoms with Crippen molar-refractivity contribution in [1.29, 1.82) is 0 Å². The minimum Gasteiger partial charge on any atom is -0.497 e. The molecule has 8 nitrogen and oxygen atoms in total. The largest absolute Gasteiger partial charge is 0.497 e.